The Morgan fingerprint density at radius 1 is 1.29 bits per heavy atom. The summed E-state index contributed by atoms with van der Waals surface area (Å²) in [7, 11) is 0. The molecule has 1 aromatic carbocycles. The lowest BCUT2D eigenvalue weighted by Gasteiger charge is -2.40. The standard InChI is InChI=1S/C16H21ClN2O2/c17-13-4-1-5-14(9-13)21-15-10-19(11-15)16(20)12-3-2-7-18-8-6-12/h1,4-5,9,12,15,18H,2-3,6-8,10-11H2/t12-/m0/s1. The highest BCUT2D eigenvalue weighted by Crippen LogP contribution is 2.24. The van der Waals surface area contributed by atoms with Gasteiger partial charge >= 0.3 is 0 Å². The summed E-state index contributed by atoms with van der Waals surface area (Å²) in [6, 6.07) is 7.40. The third-order valence-electron chi connectivity index (χ3n) is 4.18. The molecule has 1 atom stereocenters. The van der Waals surface area contributed by atoms with Crippen LogP contribution in [0.25, 0.3) is 0 Å². The van der Waals surface area contributed by atoms with Crippen LogP contribution in [0.15, 0.2) is 24.3 Å². The molecule has 1 amide bonds. The fourth-order valence-electron chi connectivity index (χ4n) is 2.95. The Kier molecular flexibility index (Phi) is 4.66. The number of hydrogen-bond donors (Lipinski definition) is 1. The lowest BCUT2D eigenvalue weighted by molar-refractivity contribution is -0.144. The topological polar surface area (TPSA) is 41.6 Å². The van der Waals surface area contributed by atoms with Crippen molar-refractivity contribution in [1.29, 1.82) is 0 Å². The average Bonchev–Trinajstić information content (AvgIpc) is 2.71. The number of benzene rings is 1. The average molecular weight is 309 g/mol. The first-order valence-electron chi connectivity index (χ1n) is 7.64. The van der Waals surface area contributed by atoms with Crippen LogP contribution in [-0.4, -0.2) is 43.1 Å². The summed E-state index contributed by atoms with van der Waals surface area (Å²) in [5.74, 6) is 1.26. The lowest BCUT2D eigenvalue weighted by atomic mass is 9.97. The minimum absolute atomic E-state index is 0.0938. The number of halogens is 1. The highest BCUT2D eigenvalue weighted by atomic mass is 35.5. The van der Waals surface area contributed by atoms with Crippen LogP contribution in [0.5, 0.6) is 5.75 Å². The van der Waals surface area contributed by atoms with Gasteiger partial charge in [-0.15, -0.1) is 0 Å². The minimum atomic E-state index is 0.0938. The molecule has 2 saturated heterocycles. The van der Waals surface area contributed by atoms with E-state index in [0.717, 1.165) is 38.1 Å². The lowest BCUT2D eigenvalue weighted by Crippen LogP contribution is -2.57. The van der Waals surface area contributed by atoms with E-state index in [0.29, 0.717) is 24.0 Å². The van der Waals surface area contributed by atoms with Gasteiger partial charge < -0.3 is 15.0 Å². The molecule has 4 nitrogen and oxygen atoms in total. The first kappa shape index (κ1) is 14.7. The van der Waals surface area contributed by atoms with E-state index in [2.05, 4.69) is 5.32 Å². The quantitative estimate of drug-likeness (QED) is 0.932. The van der Waals surface area contributed by atoms with E-state index >= 15 is 0 Å². The van der Waals surface area contributed by atoms with Crippen LogP contribution >= 0.6 is 11.6 Å². The van der Waals surface area contributed by atoms with Crippen molar-refractivity contribution in [3.8, 4) is 5.75 Å². The molecule has 3 rings (SSSR count). The second-order valence-electron chi connectivity index (χ2n) is 5.82. The molecule has 1 aromatic rings. The van der Waals surface area contributed by atoms with Gasteiger partial charge in [0, 0.05) is 10.9 Å². The molecule has 0 radical (unpaired) electrons. The Bertz CT molecular complexity index is 495. The van der Waals surface area contributed by atoms with Gasteiger partial charge in [-0.05, 0) is 50.6 Å². The Morgan fingerprint density at radius 2 is 2.14 bits per heavy atom. The first-order chi connectivity index (χ1) is 10.2. The predicted molar refractivity (Wildman–Crippen MR) is 82.7 cm³/mol. The van der Waals surface area contributed by atoms with Crippen molar-refractivity contribution < 1.29 is 9.53 Å². The Morgan fingerprint density at radius 3 is 2.95 bits per heavy atom. The van der Waals surface area contributed by atoms with Crippen molar-refractivity contribution in [2.45, 2.75) is 25.4 Å². The molecular weight excluding hydrogens is 288 g/mol. The summed E-state index contributed by atoms with van der Waals surface area (Å²) >= 11 is 5.94. The van der Waals surface area contributed by atoms with Gasteiger partial charge in [-0.1, -0.05) is 17.7 Å². The second-order valence-corrected chi connectivity index (χ2v) is 6.25. The second kappa shape index (κ2) is 6.67. The fourth-order valence-corrected chi connectivity index (χ4v) is 3.13. The van der Waals surface area contributed by atoms with Gasteiger partial charge in [-0.3, -0.25) is 4.79 Å². The highest BCUT2D eigenvalue weighted by Gasteiger charge is 2.35. The molecule has 114 valence electrons. The van der Waals surface area contributed by atoms with Crippen LogP contribution < -0.4 is 10.1 Å². The molecule has 0 saturated carbocycles. The number of nitrogens with one attached hydrogen (secondary N) is 1. The van der Waals surface area contributed by atoms with E-state index in [1.165, 1.54) is 0 Å². The van der Waals surface area contributed by atoms with E-state index in [4.69, 9.17) is 16.3 Å². The van der Waals surface area contributed by atoms with E-state index in [1.54, 1.807) is 0 Å². The number of nitrogens with zero attached hydrogens (tertiary/aromatic N) is 1. The Labute approximate surface area is 130 Å². The summed E-state index contributed by atoms with van der Waals surface area (Å²) in [6.07, 6.45) is 3.14. The molecule has 21 heavy (non-hydrogen) atoms. The van der Waals surface area contributed by atoms with Gasteiger partial charge in [0.1, 0.15) is 11.9 Å². The molecule has 0 unspecified atom stereocenters. The van der Waals surface area contributed by atoms with Crippen LogP contribution in [-0.2, 0) is 4.79 Å². The van der Waals surface area contributed by atoms with Crippen molar-refractivity contribution in [1.82, 2.24) is 10.2 Å². The first-order valence-corrected chi connectivity index (χ1v) is 8.02. The van der Waals surface area contributed by atoms with E-state index in [-0.39, 0.29) is 12.0 Å². The maximum absolute atomic E-state index is 12.4. The molecule has 2 aliphatic heterocycles. The highest BCUT2D eigenvalue weighted by molar-refractivity contribution is 6.30. The number of carbonyl (C=O) groups excluding carboxylic acids is 1. The number of amides is 1. The van der Waals surface area contributed by atoms with E-state index < -0.39 is 0 Å². The molecule has 5 heteroatoms. The summed E-state index contributed by atoms with van der Waals surface area (Å²) in [6.45, 7) is 3.36. The summed E-state index contributed by atoms with van der Waals surface area (Å²) in [4.78, 5) is 14.3. The molecule has 0 aliphatic carbocycles. The zero-order valence-corrected chi connectivity index (χ0v) is 12.8. The van der Waals surface area contributed by atoms with E-state index in [9.17, 15) is 4.79 Å². The summed E-state index contributed by atoms with van der Waals surface area (Å²) in [5, 5.41) is 4.02. The van der Waals surface area contributed by atoms with Crippen molar-refractivity contribution in [3.05, 3.63) is 29.3 Å². The van der Waals surface area contributed by atoms with Crippen molar-refractivity contribution in [2.24, 2.45) is 5.92 Å². The smallest absolute Gasteiger partial charge is 0.225 e. The van der Waals surface area contributed by atoms with Crippen LogP contribution in [0.2, 0.25) is 5.02 Å². The van der Waals surface area contributed by atoms with Gasteiger partial charge in [0.05, 0.1) is 13.1 Å². The summed E-state index contributed by atoms with van der Waals surface area (Å²) in [5.41, 5.74) is 0. The van der Waals surface area contributed by atoms with Crippen LogP contribution in [0, 0.1) is 5.92 Å². The SMILES string of the molecule is O=C([C@H]1CCCNCC1)N1CC(Oc2cccc(Cl)c2)C1. The predicted octanol–water partition coefficient (Wildman–Crippen LogP) is 2.32. The van der Waals surface area contributed by atoms with Gasteiger partial charge in [0.25, 0.3) is 0 Å². The minimum Gasteiger partial charge on any atom is -0.487 e. The zero-order chi connectivity index (χ0) is 14.7. The number of hydrogen-bond acceptors (Lipinski definition) is 3. The van der Waals surface area contributed by atoms with Gasteiger partial charge in [0.15, 0.2) is 0 Å². The van der Waals surface area contributed by atoms with Crippen molar-refractivity contribution >= 4 is 17.5 Å². The monoisotopic (exact) mass is 308 g/mol. The van der Waals surface area contributed by atoms with Crippen LogP contribution in [0.3, 0.4) is 0 Å². The number of likely N-dealkylation sites (tertiary alicyclic amines) is 1. The van der Waals surface area contributed by atoms with Crippen LogP contribution in [0.1, 0.15) is 19.3 Å². The molecule has 0 bridgehead atoms. The maximum Gasteiger partial charge on any atom is 0.225 e. The number of ether oxygens (including phenoxy) is 1. The van der Waals surface area contributed by atoms with E-state index in [1.807, 2.05) is 29.2 Å². The number of rotatable bonds is 3. The Hall–Kier alpha value is -1.26. The van der Waals surface area contributed by atoms with Gasteiger partial charge in [0.2, 0.25) is 5.91 Å². The molecule has 2 heterocycles. The Balaban J connectivity index is 1.47. The molecule has 2 fully saturated rings. The zero-order valence-electron chi connectivity index (χ0n) is 12.1. The number of carbonyl (C=O) groups is 1. The third-order valence-corrected chi connectivity index (χ3v) is 4.42. The van der Waals surface area contributed by atoms with Crippen molar-refractivity contribution in [3.63, 3.8) is 0 Å². The van der Waals surface area contributed by atoms with Gasteiger partial charge in [-0.2, -0.15) is 0 Å². The normalized spacial score (nSPS) is 23.3. The fraction of sp³-hybridized carbons (Fsp3) is 0.562. The van der Waals surface area contributed by atoms with Crippen molar-refractivity contribution in [2.75, 3.05) is 26.2 Å². The molecule has 2 aliphatic rings. The molecule has 0 spiro atoms. The molecular formula is C16H21ClN2O2. The largest absolute Gasteiger partial charge is 0.487 e. The molecule has 0 aromatic heterocycles. The van der Waals surface area contributed by atoms with Crippen LogP contribution in [0.4, 0.5) is 0 Å². The molecule has 1 N–H and O–H groups in total. The summed E-state index contributed by atoms with van der Waals surface area (Å²) < 4.78 is 5.83. The maximum atomic E-state index is 12.4. The van der Waals surface area contributed by atoms with Gasteiger partial charge in [-0.25, -0.2) is 0 Å². The third kappa shape index (κ3) is 3.69.